The number of halogens is 3. The van der Waals surface area contributed by atoms with Gasteiger partial charge in [-0.05, 0) is 23.6 Å². The van der Waals surface area contributed by atoms with Gasteiger partial charge in [0, 0.05) is 32.2 Å². The maximum atomic E-state index is 12.9. The summed E-state index contributed by atoms with van der Waals surface area (Å²) < 4.78 is 38.7. The Morgan fingerprint density at radius 1 is 1.07 bits per heavy atom. The number of rotatable bonds is 3. The van der Waals surface area contributed by atoms with Gasteiger partial charge in [0.1, 0.15) is 22.7 Å². The SMILES string of the molecule is O=[N+]([O-])c1cc(C(F)(F)F)ccc1N1CCN(c2ncnc3sccc23)CC1. The lowest BCUT2D eigenvalue weighted by Crippen LogP contribution is -2.47. The van der Waals surface area contributed by atoms with Crippen LogP contribution in [-0.4, -0.2) is 41.1 Å². The molecule has 11 heteroatoms. The first kappa shape index (κ1) is 18.4. The highest BCUT2D eigenvalue weighted by atomic mass is 32.1. The summed E-state index contributed by atoms with van der Waals surface area (Å²) in [6, 6.07) is 4.61. The third-order valence-corrected chi connectivity index (χ3v) is 5.48. The van der Waals surface area contributed by atoms with E-state index in [4.69, 9.17) is 0 Å². The van der Waals surface area contributed by atoms with Gasteiger partial charge in [0.25, 0.3) is 5.69 Å². The number of hydrogen-bond acceptors (Lipinski definition) is 7. The number of alkyl halides is 3. The largest absolute Gasteiger partial charge is 0.416 e. The summed E-state index contributed by atoms with van der Waals surface area (Å²) in [5.74, 6) is 0.799. The molecule has 0 radical (unpaired) electrons. The molecule has 0 amide bonds. The minimum atomic E-state index is -4.62. The molecule has 0 spiro atoms. The van der Waals surface area contributed by atoms with E-state index < -0.39 is 22.4 Å². The molecule has 1 fully saturated rings. The Morgan fingerprint density at radius 2 is 1.79 bits per heavy atom. The molecular weight excluding hydrogens is 395 g/mol. The molecule has 28 heavy (non-hydrogen) atoms. The Kier molecular flexibility index (Phi) is 4.53. The van der Waals surface area contributed by atoms with E-state index in [1.807, 2.05) is 11.4 Å². The maximum Gasteiger partial charge on any atom is 0.416 e. The van der Waals surface area contributed by atoms with E-state index in [1.54, 1.807) is 4.90 Å². The molecule has 0 aliphatic carbocycles. The molecule has 4 rings (SSSR count). The van der Waals surface area contributed by atoms with Crippen molar-refractivity contribution in [3.63, 3.8) is 0 Å². The Labute approximate surface area is 161 Å². The quantitative estimate of drug-likeness (QED) is 0.482. The summed E-state index contributed by atoms with van der Waals surface area (Å²) in [5, 5.41) is 14.2. The van der Waals surface area contributed by atoms with Crippen LogP contribution in [0.25, 0.3) is 10.2 Å². The minimum absolute atomic E-state index is 0.195. The van der Waals surface area contributed by atoms with Crippen LogP contribution in [0.2, 0.25) is 0 Å². The van der Waals surface area contributed by atoms with Crippen LogP contribution >= 0.6 is 11.3 Å². The molecule has 1 aliphatic heterocycles. The molecule has 0 unspecified atom stereocenters. The van der Waals surface area contributed by atoms with Crippen molar-refractivity contribution in [1.29, 1.82) is 0 Å². The normalized spacial score (nSPS) is 15.2. The molecule has 0 atom stereocenters. The van der Waals surface area contributed by atoms with Crippen LogP contribution in [0.1, 0.15) is 5.56 Å². The zero-order valence-electron chi connectivity index (χ0n) is 14.4. The molecule has 2 aromatic heterocycles. The lowest BCUT2D eigenvalue weighted by molar-refractivity contribution is -0.384. The predicted octanol–water partition coefficient (Wildman–Crippen LogP) is 3.94. The summed E-state index contributed by atoms with van der Waals surface area (Å²) in [6.07, 6.45) is -3.12. The topological polar surface area (TPSA) is 75.4 Å². The van der Waals surface area contributed by atoms with E-state index in [9.17, 15) is 23.3 Å². The molecule has 0 N–H and O–H groups in total. The summed E-state index contributed by atoms with van der Waals surface area (Å²) in [7, 11) is 0. The maximum absolute atomic E-state index is 12.9. The molecule has 7 nitrogen and oxygen atoms in total. The van der Waals surface area contributed by atoms with Crippen molar-refractivity contribution in [2.75, 3.05) is 36.0 Å². The second kappa shape index (κ2) is 6.89. The zero-order valence-corrected chi connectivity index (χ0v) is 15.2. The third kappa shape index (κ3) is 3.33. The lowest BCUT2D eigenvalue weighted by atomic mass is 10.1. The molecule has 1 saturated heterocycles. The van der Waals surface area contributed by atoms with Gasteiger partial charge in [0.05, 0.1) is 15.9 Å². The number of nitro benzene ring substituents is 1. The van der Waals surface area contributed by atoms with E-state index in [-0.39, 0.29) is 5.69 Å². The summed E-state index contributed by atoms with van der Waals surface area (Å²) >= 11 is 1.52. The number of nitrogens with zero attached hydrogens (tertiary/aromatic N) is 5. The number of hydrogen-bond donors (Lipinski definition) is 0. The number of aromatic nitrogens is 2. The van der Waals surface area contributed by atoms with Crippen molar-refractivity contribution in [3.8, 4) is 0 Å². The van der Waals surface area contributed by atoms with Crippen LogP contribution < -0.4 is 9.80 Å². The van der Waals surface area contributed by atoms with Crippen molar-refractivity contribution >= 4 is 38.7 Å². The van der Waals surface area contributed by atoms with Gasteiger partial charge >= 0.3 is 6.18 Å². The van der Waals surface area contributed by atoms with Crippen molar-refractivity contribution in [2.24, 2.45) is 0 Å². The van der Waals surface area contributed by atoms with Crippen LogP contribution in [0.15, 0.2) is 36.0 Å². The third-order valence-electron chi connectivity index (χ3n) is 4.66. The van der Waals surface area contributed by atoms with Gasteiger partial charge < -0.3 is 9.80 Å². The smallest absolute Gasteiger partial charge is 0.362 e. The molecule has 0 saturated carbocycles. The van der Waals surface area contributed by atoms with Crippen LogP contribution in [0.5, 0.6) is 0 Å². The van der Waals surface area contributed by atoms with Gasteiger partial charge in [0.15, 0.2) is 0 Å². The van der Waals surface area contributed by atoms with Gasteiger partial charge in [0.2, 0.25) is 0 Å². The summed E-state index contributed by atoms with van der Waals surface area (Å²) in [5.41, 5.74) is -1.37. The molecule has 146 valence electrons. The number of fused-ring (bicyclic) bond motifs is 1. The molecule has 1 aromatic carbocycles. The Balaban J connectivity index is 1.57. The highest BCUT2D eigenvalue weighted by Gasteiger charge is 2.34. The molecule has 0 bridgehead atoms. The Bertz CT molecular complexity index is 1030. The highest BCUT2D eigenvalue weighted by molar-refractivity contribution is 7.16. The zero-order chi connectivity index (χ0) is 19.9. The number of nitro groups is 1. The van der Waals surface area contributed by atoms with Crippen LogP contribution in [0.3, 0.4) is 0 Å². The van der Waals surface area contributed by atoms with E-state index in [2.05, 4.69) is 14.9 Å². The summed E-state index contributed by atoms with van der Waals surface area (Å²) in [4.78, 5) is 23.8. The minimum Gasteiger partial charge on any atom is -0.362 e. The fraction of sp³-hybridized carbons (Fsp3) is 0.294. The van der Waals surface area contributed by atoms with Crippen LogP contribution in [-0.2, 0) is 6.18 Å². The number of piperazine rings is 1. The van der Waals surface area contributed by atoms with E-state index in [1.165, 1.54) is 23.7 Å². The second-order valence-electron chi connectivity index (χ2n) is 6.27. The monoisotopic (exact) mass is 409 g/mol. The van der Waals surface area contributed by atoms with Gasteiger partial charge in [-0.2, -0.15) is 13.2 Å². The van der Waals surface area contributed by atoms with Crippen molar-refractivity contribution in [3.05, 3.63) is 51.7 Å². The predicted molar refractivity (Wildman–Crippen MR) is 99.9 cm³/mol. The molecular formula is C17H14F3N5O2S. The lowest BCUT2D eigenvalue weighted by Gasteiger charge is -2.36. The standard InChI is InChI=1S/C17H14F3N5O2S/c18-17(19,20)11-1-2-13(14(9-11)25(26)27)23-4-6-24(7-5-23)15-12-3-8-28-16(12)22-10-21-15/h1-3,8-10H,4-7H2. The van der Waals surface area contributed by atoms with Crippen molar-refractivity contribution < 1.29 is 18.1 Å². The van der Waals surface area contributed by atoms with Crippen molar-refractivity contribution in [1.82, 2.24) is 9.97 Å². The van der Waals surface area contributed by atoms with E-state index in [0.717, 1.165) is 22.1 Å². The Hall–Kier alpha value is -2.95. The first-order valence-electron chi connectivity index (χ1n) is 8.38. The number of thiophene rings is 1. The van der Waals surface area contributed by atoms with E-state index >= 15 is 0 Å². The van der Waals surface area contributed by atoms with Gasteiger partial charge in [-0.1, -0.05) is 0 Å². The molecule has 3 heterocycles. The van der Waals surface area contributed by atoms with Crippen LogP contribution in [0.4, 0.5) is 30.4 Å². The first-order valence-corrected chi connectivity index (χ1v) is 9.26. The first-order chi connectivity index (χ1) is 13.3. The number of benzene rings is 1. The van der Waals surface area contributed by atoms with E-state index in [0.29, 0.717) is 32.2 Å². The summed E-state index contributed by atoms with van der Waals surface area (Å²) in [6.45, 7) is 1.95. The average molecular weight is 409 g/mol. The highest BCUT2D eigenvalue weighted by Crippen LogP contribution is 2.37. The van der Waals surface area contributed by atoms with Gasteiger partial charge in [-0.15, -0.1) is 11.3 Å². The molecule has 3 aromatic rings. The fourth-order valence-corrected chi connectivity index (χ4v) is 4.03. The average Bonchev–Trinajstić information content (AvgIpc) is 3.16. The Morgan fingerprint density at radius 3 is 2.46 bits per heavy atom. The number of anilines is 2. The van der Waals surface area contributed by atoms with Crippen LogP contribution in [0, 0.1) is 10.1 Å². The van der Waals surface area contributed by atoms with Crippen molar-refractivity contribution in [2.45, 2.75) is 6.18 Å². The fourth-order valence-electron chi connectivity index (χ4n) is 3.30. The van der Waals surface area contributed by atoms with Gasteiger partial charge in [-0.3, -0.25) is 10.1 Å². The second-order valence-corrected chi connectivity index (χ2v) is 7.16. The molecule has 1 aliphatic rings. The van der Waals surface area contributed by atoms with Gasteiger partial charge in [-0.25, -0.2) is 9.97 Å².